The zero-order valence-corrected chi connectivity index (χ0v) is 69.8. The summed E-state index contributed by atoms with van der Waals surface area (Å²) in [6, 6.07) is 0. The highest BCUT2D eigenvalue weighted by Crippen LogP contribution is 2.58. The molecule has 14 unspecified atom stereocenters. The van der Waals surface area contributed by atoms with Crippen molar-refractivity contribution in [2.75, 3.05) is 69.8 Å². The van der Waals surface area contributed by atoms with Crippen molar-refractivity contribution in [3.63, 3.8) is 0 Å². The van der Waals surface area contributed by atoms with Crippen molar-refractivity contribution in [2.24, 2.45) is 22.7 Å². The number of hydrogen-bond acceptors (Lipinski definition) is 47. The molecule has 2 fully saturated rings. The molecule has 0 spiro atoms. The van der Waals surface area contributed by atoms with E-state index in [9.17, 15) is 135 Å². The first-order valence-corrected chi connectivity index (χ1v) is 43.5. The van der Waals surface area contributed by atoms with Crippen molar-refractivity contribution in [1.82, 2.24) is 60.3 Å². The van der Waals surface area contributed by atoms with Crippen LogP contribution in [0.1, 0.15) is 108 Å². The van der Waals surface area contributed by atoms with E-state index < -0.39 is 211 Å². The largest absolute Gasteiger partial charge is 0.790 e. The van der Waals surface area contributed by atoms with E-state index in [1.165, 1.54) is 48.5 Å². The number of ether oxygens (including phenoxy) is 2. The predicted octanol–water partition coefficient (Wildman–Crippen LogP) is -7.08. The smallest absolute Gasteiger partial charge is 0.372 e. The maximum Gasteiger partial charge on any atom is 0.372 e. The number of thioether (sulfide) groups is 1. The van der Waals surface area contributed by atoms with E-state index in [2.05, 4.69) is 86.9 Å². The third-order valence-electron chi connectivity index (χ3n) is 15.7. The van der Waals surface area contributed by atoms with E-state index in [4.69, 9.17) is 36.3 Å². The van der Waals surface area contributed by atoms with Gasteiger partial charge in [0.05, 0.1) is 61.1 Å². The molecule has 55 nitrogen and oxygen atoms in total. The van der Waals surface area contributed by atoms with Crippen molar-refractivity contribution in [2.45, 2.75) is 163 Å². The van der Waals surface area contributed by atoms with E-state index >= 15 is 0 Å². The van der Waals surface area contributed by atoms with Crippen molar-refractivity contribution >= 4 is 145 Å². The van der Waals surface area contributed by atoms with Crippen LogP contribution in [0.2, 0.25) is 0 Å². The van der Waals surface area contributed by atoms with Crippen molar-refractivity contribution in [3.8, 4) is 0 Å². The van der Waals surface area contributed by atoms with E-state index in [1.807, 2.05) is 0 Å². The Balaban J connectivity index is 0.000000650. The molecule has 2 saturated heterocycles. The Hall–Kier alpha value is -6.86. The molecule has 2 aliphatic rings. The molecule has 0 aliphatic carbocycles. The second-order valence-corrected chi connectivity index (χ2v) is 36.1. The van der Waals surface area contributed by atoms with Gasteiger partial charge < -0.3 is 158 Å². The number of amides is 4. The van der Waals surface area contributed by atoms with Gasteiger partial charge in [0.2, 0.25) is 29.4 Å². The van der Waals surface area contributed by atoms with Crippen molar-refractivity contribution in [3.05, 3.63) is 25.3 Å². The molecular formula is C57H90N14O41P6S-8. The Morgan fingerprint density at radius 3 is 1.26 bits per heavy atom. The maximum atomic E-state index is 12.4. The van der Waals surface area contributed by atoms with Gasteiger partial charge in [-0.15, -0.1) is 0 Å². The number of fused-ring (bicyclic) bond motifs is 2. The van der Waals surface area contributed by atoms with Crippen LogP contribution in [0.5, 0.6) is 0 Å². The lowest BCUT2D eigenvalue weighted by atomic mass is 9.87. The second-order valence-electron chi connectivity index (χ2n) is 26.7. The number of nitrogens with zero attached hydrogens (tertiary/aromatic N) is 8. The molecule has 15 atom stereocenters. The molecule has 2 aliphatic heterocycles. The number of anilines is 2. The SMILES string of the molecule is C.CC(=O)SCCNC(=O)CCNC(=O)C(O)C(C)(C)COP(=O)([O-])OP(=O)([O-])OCC1OC(n2cnc3c(N)ncnc32)C(O)C1OP(=O)([O-])[O-].CC(C)C(=O)C(=O)O.CC(C)[C@@](O)(CC(=O)O)C(=O)O.CCNC(=O)CCNC(=O)C(O)C(C)(C)COP(=O)([O-])OP(=O)([O-])OCC1OC(n2cnc3c(N)ncnc32)C(O)C1OP(=O)([O-])[O-]. The number of aliphatic hydroxyl groups excluding tert-OH is 4. The van der Waals surface area contributed by atoms with Crippen LogP contribution in [0.15, 0.2) is 25.3 Å². The zero-order chi connectivity index (χ0) is 90.4. The third-order valence-corrected chi connectivity index (χ3v) is 22.5. The Kier molecular flexibility index (Phi) is 41.9. The van der Waals surface area contributed by atoms with Gasteiger partial charge >= 0.3 is 17.9 Å². The molecule has 6 heterocycles. The van der Waals surface area contributed by atoms with Crippen molar-refractivity contribution < 1.29 is 196 Å². The number of imidazole rings is 2. The molecule has 4 aromatic heterocycles. The number of hydrogen-bond donors (Lipinski definition) is 14. The van der Waals surface area contributed by atoms with Gasteiger partial charge in [0.1, 0.15) is 72.5 Å². The number of nitrogens with one attached hydrogen (secondary N) is 4. The number of aromatic nitrogens is 8. The standard InChI is InChI=1S/C23H38N7O17P3S.C21H36N7O16P3.C7H12O5.C5H8O3.CH4/c1-12(31)51-7-6-25-14(32)4-5-26-21(35)18(34)23(2,3)9-44-50(41,42)47-49(39,40)43-8-13-17(46-48(36,37)38)16(33)22(45-13)30-11-29-15-19(24)27-10-28-20(15)30;1-4-23-12(29)5-6-24-19(32)16(31)21(2,3)8-41-47(38,39)44-46(36,37)40-7-11-15(43-45(33,34)35)14(30)20(42-11)28-10-27-13-17(22)25-9-26-18(13)28;1-4(2)7(12,6(10)11)3-5(8)9;1-3(2)4(6)5(7)8;/h10-11,13,16-18,22,33-34H,4-9H2,1-3H3,(H,25,32)(H,26,35)(H,39,40)(H,41,42)(H2,24,27,28)(H2,36,37,38);9-11,14-16,20,30-31H,4-8H2,1-3H3,(H,23,29)(H,24,32)(H,36,37)(H,38,39)(H2,22,25,26)(H2,33,34,35);4,12H,3H2,1-2H3,(H,8,9)(H,10,11);3H,1-2H3,(H,7,8);1H4/p-8/t;;7-;;/m..0../s1. The Labute approximate surface area is 679 Å². The van der Waals surface area contributed by atoms with E-state index in [0.717, 1.165) is 46.2 Å². The third kappa shape index (κ3) is 35.1. The Morgan fingerprint density at radius 1 is 0.588 bits per heavy atom. The minimum atomic E-state index is -5.90. The highest BCUT2D eigenvalue weighted by atomic mass is 32.2. The molecule has 678 valence electrons. The summed E-state index contributed by atoms with van der Waals surface area (Å²) in [5.74, 6) is -8.53. The number of nitrogen functional groups attached to an aromatic ring is 2. The van der Waals surface area contributed by atoms with Crippen LogP contribution in [0.3, 0.4) is 0 Å². The number of aliphatic carboxylic acids is 3. The average Bonchev–Trinajstić information content (AvgIpc) is 1.62. The quantitative estimate of drug-likeness (QED) is 0.0111. The molecule has 6 rings (SSSR count). The number of nitrogens with two attached hydrogens (primary N) is 2. The van der Waals surface area contributed by atoms with Crippen LogP contribution in [0.25, 0.3) is 22.3 Å². The molecule has 62 heteroatoms. The Bertz CT molecular complexity index is 4460. The molecule has 4 aromatic rings. The van der Waals surface area contributed by atoms with Crippen LogP contribution >= 0.6 is 58.7 Å². The summed E-state index contributed by atoms with van der Waals surface area (Å²) in [7, 11) is -35.0. The summed E-state index contributed by atoms with van der Waals surface area (Å²) in [6.07, 6.45) is -15.7. The van der Waals surface area contributed by atoms with Crippen LogP contribution in [0, 0.1) is 22.7 Å². The Morgan fingerprint density at radius 2 is 0.958 bits per heavy atom. The molecule has 0 radical (unpaired) electrons. The van der Waals surface area contributed by atoms with Gasteiger partial charge in [0, 0.05) is 68.4 Å². The number of Topliss-reactive ketones (excluding diaryl/α,β-unsaturated/α-hetero) is 1. The molecule has 0 aromatic carbocycles. The summed E-state index contributed by atoms with van der Waals surface area (Å²) < 4.78 is 120. The number of rotatable bonds is 42. The second kappa shape index (κ2) is 46.0. The number of ketones is 1. The fourth-order valence-corrected chi connectivity index (χ4v) is 15.4. The first kappa shape index (κ1) is 108. The highest BCUT2D eigenvalue weighted by Gasteiger charge is 2.50. The minimum absolute atomic E-state index is 0. The van der Waals surface area contributed by atoms with E-state index in [1.54, 1.807) is 20.8 Å². The molecule has 4 amide bonds. The fraction of sp³-hybridized carbons (Fsp3) is 0.667. The maximum absolute atomic E-state index is 12.4. The predicted molar refractivity (Wildman–Crippen MR) is 384 cm³/mol. The van der Waals surface area contributed by atoms with Gasteiger partial charge in [0.25, 0.3) is 31.3 Å². The lowest BCUT2D eigenvalue weighted by Gasteiger charge is -2.36. The van der Waals surface area contributed by atoms with Crippen LogP contribution < -0.4 is 71.9 Å². The topological polar surface area (TPSA) is 882 Å². The number of carbonyl (C=O) groups excluding carboxylic acids is 6. The van der Waals surface area contributed by atoms with Crippen LogP contribution in [-0.2, 0) is 116 Å². The monoisotopic (exact) mass is 1840 g/mol. The van der Waals surface area contributed by atoms with Crippen LogP contribution in [0.4, 0.5) is 11.6 Å². The highest BCUT2D eigenvalue weighted by molar-refractivity contribution is 8.13. The normalized spacial score (nSPS) is 21.2. The summed E-state index contributed by atoms with van der Waals surface area (Å²) in [5.41, 5.74) is 6.02. The lowest BCUT2D eigenvalue weighted by molar-refractivity contribution is -0.348. The number of carboxylic acid groups (broad SMARTS) is 3. The molecule has 0 saturated carbocycles. The summed E-state index contributed by atoms with van der Waals surface area (Å²) in [5, 5.41) is 86.0. The average molecular weight is 1850 g/mol. The van der Waals surface area contributed by atoms with Gasteiger partial charge in [0.15, 0.2) is 46.1 Å². The summed E-state index contributed by atoms with van der Waals surface area (Å²) in [6.45, 7) is 9.63. The molecule has 16 N–H and O–H groups in total. The van der Waals surface area contributed by atoms with Gasteiger partial charge in [-0.2, -0.15) is 0 Å². The molecular weight excluding hydrogens is 1750 g/mol. The summed E-state index contributed by atoms with van der Waals surface area (Å²) >= 11 is 1.01. The minimum Gasteiger partial charge on any atom is -0.790 e. The number of carbonyl (C=O) groups is 9. The fourth-order valence-electron chi connectivity index (χ4n) is 9.42. The van der Waals surface area contributed by atoms with Gasteiger partial charge in [-0.05, 0) is 12.8 Å². The first-order valence-electron chi connectivity index (χ1n) is 33.8. The van der Waals surface area contributed by atoms with Crippen molar-refractivity contribution in [1.29, 1.82) is 0 Å². The number of phosphoric acid groups is 6. The van der Waals surface area contributed by atoms with E-state index in [0.29, 0.717) is 12.3 Å². The zero-order valence-electron chi connectivity index (χ0n) is 63.6. The van der Waals surface area contributed by atoms with Gasteiger partial charge in [-0.1, -0.05) is 74.6 Å². The van der Waals surface area contributed by atoms with E-state index in [-0.39, 0.29) is 84.9 Å². The first-order chi connectivity index (χ1) is 54.0. The number of carboxylic acids is 3. The van der Waals surface area contributed by atoms with Crippen LogP contribution in [-0.4, -0.2) is 245 Å². The summed E-state index contributed by atoms with van der Waals surface area (Å²) in [4.78, 5) is 218. The van der Waals surface area contributed by atoms with Gasteiger partial charge in [-0.25, -0.2) is 48.1 Å². The molecule has 119 heavy (non-hydrogen) atoms. The number of aliphatic hydroxyl groups is 5. The number of phosphoric ester groups is 6. The molecule has 0 bridgehead atoms. The lowest BCUT2D eigenvalue weighted by Crippen LogP contribution is -2.46. The van der Waals surface area contributed by atoms with Gasteiger partial charge in [-0.3, -0.25) is 61.0 Å².